The molecule has 0 saturated carbocycles. The first-order valence-corrected chi connectivity index (χ1v) is 5.11. The van der Waals surface area contributed by atoms with Crippen molar-refractivity contribution in [2.75, 3.05) is 12.4 Å². The van der Waals surface area contributed by atoms with Crippen LogP contribution < -0.4 is 15.8 Å². The van der Waals surface area contributed by atoms with Crippen LogP contribution in [0.25, 0.3) is 0 Å². The molecule has 5 nitrogen and oxygen atoms in total. The molecule has 0 radical (unpaired) electrons. The summed E-state index contributed by atoms with van der Waals surface area (Å²) in [4.78, 5) is 15.3. The first-order chi connectivity index (χ1) is 7.56. The van der Waals surface area contributed by atoms with E-state index in [1.807, 2.05) is 13.8 Å². The third kappa shape index (κ3) is 2.85. The Morgan fingerprint density at radius 2 is 2.25 bits per heavy atom. The summed E-state index contributed by atoms with van der Waals surface area (Å²) in [5.74, 6) is 0.809. The van der Waals surface area contributed by atoms with Crippen LogP contribution in [0.1, 0.15) is 13.8 Å². The normalized spacial score (nSPS) is 12.2. The molecule has 1 unspecified atom stereocenters. The summed E-state index contributed by atoms with van der Waals surface area (Å²) >= 11 is 0. The molecule has 0 aliphatic heterocycles. The fourth-order valence-electron chi connectivity index (χ4n) is 1.38. The van der Waals surface area contributed by atoms with Gasteiger partial charge in [0, 0.05) is 6.20 Å². The van der Waals surface area contributed by atoms with Crippen LogP contribution in [0, 0.1) is 5.92 Å². The molecule has 0 bridgehead atoms. The van der Waals surface area contributed by atoms with Crippen molar-refractivity contribution in [2.24, 2.45) is 11.7 Å². The summed E-state index contributed by atoms with van der Waals surface area (Å²) in [5, 5.41) is 2.99. The minimum Gasteiger partial charge on any atom is -0.493 e. The number of rotatable bonds is 5. The average Bonchev–Trinajstić information content (AvgIpc) is 2.25. The maximum Gasteiger partial charge on any atom is 0.240 e. The van der Waals surface area contributed by atoms with Crippen LogP contribution in [0.4, 0.5) is 5.82 Å². The highest BCUT2D eigenvalue weighted by molar-refractivity contribution is 5.83. The number of nitrogens with zero attached hydrogens (tertiary/aromatic N) is 1. The highest BCUT2D eigenvalue weighted by Crippen LogP contribution is 2.22. The van der Waals surface area contributed by atoms with Gasteiger partial charge in [0.05, 0.1) is 7.11 Å². The van der Waals surface area contributed by atoms with Gasteiger partial charge in [0.15, 0.2) is 11.6 Å². The van der Waals surface area contributed by atoms with Gasteiger partial charge in [-0.1, -0.05) is 13.8 Å². The van der Waals surface area contributed by atoms with Crippen molar-refractivity contribution in [3.8, 4) is 5.75 Å². The summed E-state index contributed by atoms with van der Waals surface area (Å²) in [5.41, 5.74) is 5.31. The van der Waals surface area contributed by atoms with E-state index < -0.39 is 11.9 Å². The van der Waals surface area contributed by atoms with Crippen LogP contribution in [0.3, 0.4) is 0 Å². The van der Waals surface area contributed by atoms with Gasteiger partial charge in [-0.15, -0.1) is 0 Å². The number of pyridine rings is 1. The zero-order chi connectivity index (χ0) is 12.1. The first-order valence-electron chi connectivity index (χ1n) is 5.11. The molecule has 5 heteroatoms. The van der Waals surface area contributed by atoms with Crippen molar-refractivity contribution >= 4 is 11.7 Å². The first kappa shape index (κ1) is 12.3. The zero-order valence-electron chi connectivity index (χ0n) is 9.73. The molecule has 0 aliphatic carbocycles. The minimum absolute atomic E-state index is 0.0872. The number of nitrogens with one attached hydrogen (secondary N) is 1. The number of amides is 1. The summed E-state index contributed by atoms with van der Waals surface area (Å²) < 4.78 is 5.13. The van der Waals surface area contributed by atoms with Gasteiger partial charge in [-0.2, -0.15) is 0 Å². The molecule has 1 atom stereocenters. The number of carbonyl (C=O) groups excluding carboxylic acids is 1. The zero-order valence-corrected chi connectivity index (χ0v) is 9.73. The van der Waals surface area contributed by atoms with Crippen molar-refractivity contribution < 1.29 is 9.53 Å². The smallest absolute Gasteiger partial charge is 0.240 e. The molecule has 1 rings (SSSR count). The number of ether oxygens (including phenoxy) is 1. The van der Waals surface area contributed by atoms with Crippen LogP contribution in [0.15, 0.2) is 18.3 Å². The van der Waals surface area contributed by atoms with Gasteiger partial charge in [-0.05, 0) is 18.1 Å². The number of hydrogen-bond donors (Lipinski definition) is 2. The molecule has 1 aromatic heterocycles. The molecule has 0 fully saturated rings. The number of aromatic nitrogens is 1. The van der Waals surface area contributed by atoms with E-state index >= 15 is 0 Å². The van der Waals surface area contributed by atoms with Crippen molar-refractivity contribution in [3.05, 3.63) is 18.3 Å². The van der Waals surface area contributed by atoms with Crippen LogP contribution in [0.5, 0.6) is 5.75 Å². The lowest BCUT2D eigenvalue weighted by atomic mass is 10.0. The minimum atomic E-state index is -0.455. The summed E-state index contributed by atoms with van der Waals surface area (Å²) in [6.07, 6.45) is 1.63. The van der Waals surface area contributed by atoms with E-state index in [2.05, 4.69) is 10.3 Å². The second-order valence-corrected chi connectivity index (χ2v) is 3.82. The SMILES string of the molecule is COc1cccnc1NC(C(N)=O)C(C)C. The Kier molecular flexibility index (Phi) is 4.10. The topological polar surface area (TPSA) is 77.2 Å². The van der Waals surface area contributed by atoms with Crippen LogP contribution in [0.2, 0.25) is 0 Å². The Morgan fingerprint density at radius 1 is 1.56 bits per heavy atom. The monoisotopic (exact) mass is 223 g/mol. The van der Waals surface area contributed by atoms with E-state index in [0.29, 0.717) is 11.6 Å². The van der Waals surface area contributed by atoms with Gasteiger partial charge in [-0.3, -0.25) is 4.79 Å². The molecule has 1 heterocycles. The number of hydrogen-bond acceptors (Lipinski definition) is 4. The average molecular weight is 223 g/mol. The molecule has 1 aromatic rings. The predicted molar refractivity (Wildman–Crippen MR) is 62.2 cm³/mol. The van der Waals surface area contributed by atoms with Gasteiger partial charge in [0.2, 0.25) is 5.91 Å². The predicted octanol–water partition coefficient (Wildman–Crippen LogP) is 1.01. The Labute approximate surface area is 95.0 Å². The quantitative estimate of drug-likeness (QED) is 0.781. The Hall–Kier alpha value is -1.78. The van der Waals surface area contributed by atoms with Gasteiger partial charge >= 0.3 is 0 Å². The van der Waals surface area contributed by atoms with Crippen LogP contribution in [-0.4, -0.2) is 24.0 Å². The number of methoxy groups -OCH3 is 1. The maximum absolute atomic E-state index is 11.2. The molecular weight excluding hydrogens is 206 g/mol. The van der Waals surface area contributed by atoms with Gasteiger partial charge < -0.3 is 15.8 Å². The summed E-state index contributed by atoms with van der Waals surface area (Å²) in [6, 6.07) is 3.08. The van der Waals surface area contributed by atoms with Crippen molar-refractivity contribution in [3.63, 3.8) is 0 Å². The lowest BCUT2D eigenvalue weighted by Gasteiger charge is -2.20. The number of primary amides is 1. The van der Waals surface area contributed by atoms with Crippen molar-refractivity contribution in [2.45, 2.75) is 19.9 Å². The second-order valence-electron chi connectivity index (χ2n) is 3.82. The van der Waals surface area contributed by atoms with Gasteiger partial charge in [0.1, 0.15) is 6.04 Å². The van der Waals surface area contributed by atoms with Crippen LogP contribution >= 0.6 is 0 Å². The molecule has 3 N–H and O–H groups in total. The lowest BCUT2D eigenvalue weighted by Crippen LogP contribution is -2.39. The fourth-order valence-corrected chi connectivity index (χ4v) is 1.38. The second kappa shape index (κ2) is 5.34. The van der Waals surface area contributed by atoms with E-state index in [1.165, 1.54) is 0 Å². The highest BCUT2D eigenvalue weighted by atomic mass is 16.5. The molecule has 0 aromatic carbocycles. The molecule has 16 heavy (non-hydrogen) atoms. The molecule has 0 saturated heterocycles. The Morgan fingerprint density at radius 3 is 2.75 bits per heavy atom. The maximum atomic E-state index is 11.2. The molecule has 0 aliphatic rings. The summed E-state index contributed by atoms with van der Waals surface area (Å²) in [6.45, 7) is 3.83. The molecular formula is C11H17N3O2. The highest BCUT2D eigenvalue weighted by Gasteiger charge is 2.20. The van der Waals surface area contributed by atoms with Crippen molar-refractivity contribution in [1.82, 2.24) is 4.98 Å². The fraction of sp³-hybridized carbons (Fsp3) is 0.455. The van der Waals surface area contributed by atoms with E-state index in [-0.39, 0.29) is 5.92 Å². The van der Waals surface area contributed by atoms with Crippen LogP contribution in [-0.2, 0) is 4.79 Å². The van der Waals surface area contributed by atoms with Gasteiger partial charge in [-0.25, -0.2) is 4.98 Å². The van der Waals surface area contributed by atoms with Crippen molar-refractivity contribution in [1.29, 1.82) is 0 Å². The Bertz CT molecular complexity index is 366. The number of carbonyl (C=O) groups is 1. The third-order valence-electron chi connectivity index (χ3n) is 2.26. The van der Waals surface area contributed by atoms with Gasteiger partial charge in [0.25, 0.3) is 0 Å². The van der Waals surface area contributed by atoms with E-state index in [4.69, 9.17) is 10.5 Å². The van der Waals surface area contributed by atoms with E-state index in [9.17, 15) is 4.79 Å². The largest absolute Gasteiger partial charge is 0.493 e. The van der Waals surface area contributed by atoms with E-state index in [1.54, 1.807) is 25.4 Å². The lowest BCUT2D eigenvalue weighted by molar-refractivity contribution is -0.119. The standard InChI is InChI=1S/C11H17N3O2/c1-7(2)9(10(12)15)14-11-8(16-3)5-4-6-13-11/h4-7,9H,1-3H3,(H2,12,15)(H,13,14). The number of nitrogens with two attached hydrogens (primary N) is 1. The molecule has 0 spiro atoms. The molecule has 88 valence electrons. The summed E-state index contributed by atoms with van der Waals surface area (Å²) in [7, 11) is 1.55. The van der Waals surface area contributed by atoms with E-state index in [0.717, 1.165) is 0 Å². The Balaban J connectivity index is 2.89. The number of anilines is 1. The third-order valence-corrected chi connectivity index (χ3v) is 2.26. The molecule has 1 amide bonds.